The maximum atomic E-state index is 14.4. The number of hydrogen-bond acceptors (Lipinski definition) is 2. The van der Waals surface area contributed by atoms with E-state index in [-0.39, 0.29) is 16.1 Å². The van der Waals surface area contributed by atoms with Crippen molar-refractivity contribution in [2.75, 3.05) is 0 Å². The molecule has 3 rings (SSSR count). The van der Waals surface area contributed by atoms with Gasteiger partial charge in [-0.2, -0.15) is 8.78 Å². The second kappa shape index (κ2) is 5.21. The highest BCUT2D eigenvalue weighted by molar-refractivity contribution is 6.34. The number of rotatable bonds is 2. The summed E-state index contributed by atoms with van der Waals surface area (Å²) in [5.74, 6) is -5.72. The number of nitrogens with zero attached hydrogens (tertiary/aromatic N) is 2. The molecule has 0 saturated carbocycles. The van der Waals surface area contributed by atoms with Gasteiger partial charge in [0.15, 0.2) is 0 Å². The summed E-state index contributed by atoms with van der Waals surface area (Å²) in [5.41, 5.74) is -0.516. The Morgan fingerprint density at radius 1 is 0.864 bits per heavy atom. The summed E-state index contributed by atoms with van der Waals surface area (Å²) in [5, 5.41) is 0.0588. The molecule has 0 N–H and O–H groups in total. The average Bonchev–Trinajstić information content (AvgIpc) is 2.47. The first kappa shape index (κ1) is 14.7. The Kier molecular flexibility index (Phi) is 3.48. The van der Waals surface area contributed by atoms with Crippen LogP contribution in [0.5, 0.6) is 0 Å². The SMILES string of the molecule is Fc1ccc(C(F)(F)c2nc(Cl)c3ccc(F)cc3n2)cc1. The van der Waals surface area contributed by atoms with Crippen LogP contribution in [0.1, 0.15) is 11.4 Å². The van der Waals surface area contributed by atoms with E-state index in [1.807, 2.05) is 0 Å². The minimum Gasteiger partial charge on any atom is -0.226 e. The van der Waals surface area contributed by atoms with Gasteiger partial charge in [-0.3, -0.25) is 0 Å². The van der Waals surface area contributed by atoms with Crippen LogP contribution in [0.4, 0.5) is 17.6 Å². The van der Waals surface area contributed by atoms with E-state index in [4.69, 9.17) is 11.6 Å². The van der Waals surface area contributed by atoms with Crippen molar-refractivity contribution < 1.29 is 17.6 Å². The van der Waals surface area contributed by atoms with Crippen LogP contribution >= 0.6 is 11.6 Å². The van der Waals surface area contributed by atoms with E-state index in [0.29, 0.717) is 0 Å². The molecule has 2 aromatic carbocycles. The number of fused-ring (bicyclic) bond motifs is 1. The summed E-state index contributed by atoms with van der Waals surface area (Å²) < 4.78 is 54.9. The van der Waals surface area contributed by atoms with Crippen molar-refractivity contribution in [3.8, 4) is 0 Å². The Balaban J connectivity index is 2.17. The molecule has 7 heteroatoms. The van der Waals surface area contributed by atoms with E-state index in [1.165, 1.54) is 6.07 Å². The predicted octanol–water partition coefficient (Wildman–Crippen LogP) is 4.70. The maximum Gasteiger partial charge on any atom is 0.331 e. The Labute approximate surface area is 127 Å². The van der Waals surface area contributed by atoms with Crippen molar-refractivity contribution >= 4 is 22.5 Å². The molecule has 1 heterocycles. The molecule has 112 valence electrons. The monoisotopic (exact) mass is 326 g/mol. The first-order chi connectivity index (χ1) is 10.4. The van der Waals surface area contributed by atoms with Gasteiger partial charge >= 0.3 is 5.92 Å². The quantitative estimate of drug-likeness (QED) is 0.504. The normalized spacial score (nSPS) is 11.9. The highest BCUT2D eigenvalue weighted by Crippen LogP contribution is 2.35. The minimum atomic E-state index is -3.59. The van der Waals surface area contributed by atoms with Gasteiger partial charge in [-0.05, 0) is 36.4 Å². The summed E-state index contributed by atoms with van der Waals surface area (Å²) in [6, 6.07) is 7.12. The number of alkyl halides is 2. The zero-order valence-corrected chi connectivity index (χ0v) is 11.6. The third-order valence-electron chi connectivity index (χ3n) is 3.10. The predicted molar refractivity (Wildman–Crippen MR) is 73.9 cm³/mol. The lowest BCUT2D eigenvalue weighted by Gasteiger charge is -2.16. The Morgan fingerprint density at radius 2 is 1.50 bits per heavy atom. The van der Waals surface area contributed by atoms with Gasteiger partial charge in [-0.15, -0.1) is 0 Å². The number of aromatic nitrogens is 2. The fourth-order valence-corrected chi connectivity index (χ4v) is 2.23. The highest BCUT2D eigenvalue weighted by Gasteiger charge is 2.38. The van der Waals surface area contributed by atoms with Crippen LogP contribution in [-0.4, -0.2) is 9.97 Å². The molecular weight excluding hydrogens is 320 g/mol. The zero-order valence-electron chi connectivity index (χ0n) is 10.8. The van der Waals surface area contributed by atoms with Gasteiger partial charge in [0.25, 0.3) is 0 Å². The lowest BCUT2D eigenvalue weighted by Crippen LogP contribution is -2.19. The number of hydrogen-bond donors (Lipinski definition) is 0. The summed E-state index contributed by atoms with van der Waals surface area (Å²) in [7, 11) is 0. The smallest absolute Gasteiger partial charge is 0.226 e. The van der Waals surface area contributed by atoms with Crippen molar-refractivity contribution in [1.82, 2.24) is 9.97 Å². The lowest BCUT2D eigenvalue weighted by molar-refractivity contribution is 0.0331. The van der Waals surface area contributed by atoms with Crippen molar-refractivity contribution in [3.05, 3.63) is 70.6 Å². The molecule has 3 aromatic rings. The zero-order chi connectivity index (χ0) is 15.9. The van der Waals surface area contributed by atoms with Gasteiger partial charge in [0.05, 0.1) is 5.52 Å². The van der Waals surface area contributed by atoms with Crippen LogP contribution in [0.3, 0.4) is 0 Å². The molecule has 22 heavy (non-hydrogen) atoms. The highest BCUT2D eigenvalue weighted by atomic mass is 35.5. The van der Waals surface area contributed by atoms with Gasteiger partial charge < -0.3 is 0 Å². The second-order valence-corrected chi connectivity index (χ2v) is 4.94. The molecule has 0 atom stereocenters. The van der Waals surface area contributed by atoms with E-state index in [9.17, 15) is 17.6 Å². The molecular formula is C15H7ClF4N2. The summed E-state index contributed by atoms with van der Waals surface area (Å²) in [6.45, 7) is 0. The standard InChI is InChI=1S/C15H7ClF4N2/c16-13-11-6-5-10(18)7-12(11)21-14(22-13)15(19,20)8-1-3-9(17)4-2-8/h1-7H. The van der Waals surface area contributed by atoms with Crippen LogP contribution in [-0.2, 0) is 5.92 Å². The molecule has 0 aliphatic carbocycles. The summed E-state index contributed by atoms with van der Waals surface area (Å²) >= 11 is 5.87. The fourth-order valence-electron chi connectivity index (χ4n) is 1.99. The summed E-state index contributed by atoms with van der Waals surface area (Å²) in [6.07, 6.45) is 0. The van der Waals surface area contributed by atoms with Gasteiger partial charge in [-0.25, -0.2) is 18.7 Å². The largest absolute Gasteiger partial charge is 0.331 e. The lowest BCUT2D eigenvalue weighted by atomic mass is 10.1. The van der Waals surface area contributed by atoms with E-state index in [0.717, 1.165) is 36.4 Å². The van der Waals surface area contributed by atoms with Crippen LogP contribution < -0.4 is 0 Å². The molecule has 0 aliphatic rings. The van der Waals surface area contributed by atoms with E-state index >= 15 is 0 Å². The van der Waals surface area contributed by atoms with E-state index in [1.54, 1.807) is 0 Å². The fraction of sp³-hybridized carbons (Fsp3) is 0.0667. The van der Waals surface area contributed by atoms with Gasteiger partial charge in [0, 0.05) is 17.0 Å². The van der Waals surface area contributed by atoms with E-state index < -0.39 is 28.9 Å². The van der Waals surface area contributed by atoms with Crippen LogP contribution in [0.2, 0.25) is 5.15 Å². The molecule has 0 saturated heterocycles. The molecule has 0 bridgehead atoms. The molecule has 0 amide bonds. The van der Waals surface area contributed by atoms with Crippen LogP contribution in [0, 0.1) is 11.6 Å². The Morgan fingerprint density at radius 3 is 2.18 bits per heavy atom. The second-order valence-electron chi connectivity index (χ2n) is 4.58. The van der Waals surface area contributed by atoms with Crippen molar-refractivity contribution in [1.29, 1.82) is 0 Å². The average molecular weight is 327 g/mol. The van der Waals surface area contributed by atoms with E-state index in [2.05, 4.69) is 9.97 Å². The van der Waals surface area contributed by atoms with Gasteiger partial charge in [0.2, 0.25) is 5.82 Å². The van der Waals surface area contributed by atoms with Gasteiger partial charge in [-0.1, -0.05) is 11.6 Å². The summed E-state index contributed by atoms with van der Waals surface area (Å²) in [4.78, 5) is 7.28. The van der Waals surface area contributed by atoms with Gasteiger partial charge in [0.1, 0.15) is 16.8 Å². The molecule has 0 unspecified atom stereocenters. The third kappa shape index (κ3) is 2.50. The van der Waals surface area contributed by atoms with Crippen LogP contribution in [0.25, 0.3) is 10.9 Å². The Hall–Kier alpha value is -2.21. The maximum absolute atomic E-state index is 14.4. The molecule has 0 radical (unpaired) electrons. The molecule has 0 fully saturated rings. The molecule has 0 aliphatic heterocycles. The van der Waals surface area contributed by atoms with Crippen molar-refractivity contribution in [3.63, 3.8) is 0 Å². The van der Waals surface area contributed by atoms with Crippen LogP contribution in [0.15, 0.2) is 42.5 Å². The third-order valence-corrected chi connectivity index (χ3v) is 3.39. The number of halogens is 5. The molecule has 0 spiro atoms. The Bertz CT molecular complexity index is 850. The topological polar surface area (TPSA) is 25.8 Å². The first-order valence-electron chi connectivity index (χ1n) is 6.15. The number of benzene rings is 2. The minimum absolute atomic E-state index is 0.0308. The molecule has 1 aromatic heterocycles. The molecule has 2 nitrogen and oxygen atoms in total. The van der Waals surface area contributed by atoms with Crippen molar-refractivity contribution in [2.24, 2.45) is 0 Å². The first-order valence-corrected chi connectivity index (χ1v) is 6.53. The van der Waals surface area contributed by atoms with Crippen molar-refractivity contribution in [2.45, 2.75) is 5.92 Å².